The maximum Gasteiger partial charge on any atom is 0.357 e. The first-order valence-corrected chi connectivity index (χ1v) is 8.27. The van der Waals surface area contributed by atoms with Gasteiger partial charge in [-0.1, -0.05) is 36.4 Å². The number of fused-ring (bicyclic) bond motifs is 1. The van der Waals surface area contributed by atoms with Gasteiger partial charge in [0.2, 0.25) is 0 Å². The molecule has 0 radical (unpaired) electrons. The molecule has 0 fully saturated rings. The molecule has 0 atom stereocenters. The summed E-state index contributed by atoms with van der Waals surface area (Å²) in [5, 5.41) is 15.4. The Labute approximate surface area is 150 Å². The predicted octanol–water partition coefficient (Wildman–Crippen LogP) is 2.87. The third kappa shape index (κ3) is 3.29. The van der Waals surface area contributed by atoms with Gasteiger partial charge in [0.25, 0.3) is 0 Å². The first-order chi connectivity index (χ1) is 12.5. The molecule has 134 valence electrons. The van der Waals surface area contributed by atoms with Crippen LogP contribution in [0.3, 0.4) is 0 Å². The van der Waals surface area contributed by atoms with Gasteiger partial charge in [-0.15, -0.1) is 0 Å². The molecule has 1 N–H and O–H groups in total. The van der Waals surface area contributed by atoms with Gasteiger partial charge in [-0.25, -0.2) is 0 Å². The summed E-state index contributed by atoms with van der Waals surface area (Å²) in [6.07, 6.45) is 0. The van der Waals surface area contributed by atoms with Crippen molar-refractivity contribution >= 4 is 22.3 Å². The second kappa shape index (κ2) is 7.37. The van der Waals surface area contributed by atoms with Gasteiger partial charge >= 0.3 is 11.2 Å². The van der Waals surface area contributed by atoms with Crippen LogP contribution in [0.2, 0.25) is 0 Å². The lowest BCUT2D eigenvalue weighted by molar-refractivity contribution is -0.385. The molecule has 7 nitrogen and oxygen atoms in total. The Morgan fingerprint density at radius 1 is 1.08 bits per heavy atom. The summed E-state index contributed by atoms with van der Waals surface area (Å²) in [6.45, 7) is 1.18. The number of aromatic nitrogens is 1. The Hall–Kier alpha value is -3.19. The molecule has 0 aliphatic rings. The third-order valence-corrected chi connectivity index (χ3v) is 4.11. The average molecular weight is 352 g/mol. The Bertz CT molecular complexity index is 997. The molecule has 2 aromatic carbocycles. The van der Waals surface area contributed by atoms with E-state index in [0.29, 0.717) is 29.7 Å². The Morgan fingerprint density at radius 3 is 2.38 bits per heavy atom. The minimum Gasteiger partial charge on any atom is -0.377 e. The number of nitrogens with zero attached hydrogens (tertiary/aromatic N) is 3. The Kier molecular flexibility index (Phi) is 4.99. The van der Waals surface area contributed by atoms with Gasteiger partial charge in [-0.05, 0) is 32.3 Å². The molecule has 0 aliphatic carbocycles. The Balaban J connectivity index is 2.30. The van der Waals surface area contributed by atoms with Crippen molar-refractivity contribution < 1.29 is 4.92 Å². The van der Waals surface area contributed by atoms with Gasteiger partial charge in [0.15, 0.2) is 0 Å². The molecule has 1 heterocycles. The second-order valence-electron chi connectivity index (χ2n) is 6.20. The van der Waals surface area contributed by atoms with Gasteiger partial charge in [0.05, 0.1) is 10.4 Å². The van der Waals surface area contributed by atoms with Crippen molar-refractivity contribution in [3.8, 4) is 5.69 Å². The van der Waals surface area contributed by atoms with E-state index in [1.54, 1.807) is 36.4 Å². The fourth-order valence-electron chi connectivity index (χ4n) is 2.92. The lowest BCUT2D eigenvalue weighted by Gasteiger charge is -2.16. The van der Waals surface area contributed by atoms with E-state index < -0.39 is 16.2 Å². The van der Waals surface area contributed by atoms with Crippen LogP contribution in [-0.2, 0) is 0 Å². The highest BCUT2D eigenvalue weighted by Crippen LogP contribution is 2.31. The summed E-state index contributed by atoms with van der Waals surface area (Å²) < 4.78 is 1.39. The van der Waals surface area contributed by atoms with Crippen LogP contribution in [-0.4, -0.2) is 41.6 Å². The van der Waals surface area contributed by atoms with E-state index >= 15 is 0 Å². The van der Waals surface area contributed by atoms with Crippen LogP contribution in [0.25, 0.3) is 16.6 Å². The van der Waals surface area contributed by atoms with Crippen LogP contribution >= 0.6 is 0 Å². The van der Waals surface area contributed by atoms with Crippen molar-refractivity contribution in [2.24, 2.45) is 0 Å². The number of hydrogen-bond acceptors (Lipinski definition) is 5. The molecule has 7 heteroatoms. The number of benzene rings is 2. The first-order valence-electron chi connectivity index (χ1n) is 8.27. The molecule has 3 aromatic rings. The van der Waals surface area contributed by atoms with E-state index in [4.69, 9.17) is 0 Å². The van der Waals surface area contributed by atoms with Crippen molar-refractivity contribution in [1.29, 1.82) is 0 Å². The maximum absolute atomic E-state index is 13.0. The molecule has 0 aliphatic heterocycles. The molecule has 0 saturated heterocycles. The number of pyridine rings is 1. The molecule has 26 heavy (non-hydrogen) atoms. The first kappa shape index (κ1) is 17.6. The van der Waals surface area contributed by atoms with Crippen molar-refractivity contribution in [3.05, 3.63) is 75.1 Å². The van der Waals surface area contributed by atoms with Gasteiger partial charge in [-0.3, -0.25) is 19.5 Å². The average Bonchev–Trinajstić information content (AvgIpc) is 2.62. The quantitative estimate of drug-likeness (QED) is 0.545. The van der Waals surface area contributed by atoms with Crippen molar-refractivity contribution in [2.75, 3.05) is 32.5 Å². The lowest BCUT2D eigenvalue weighted by atomic mass is 10.1. The topological polar surface area (TPSA) is 80.4 Å². The zero-order valence-electron chi connectivity index (χ0n) is 14.7. The monoisotopic (exact) mass is 352 g/mol. The summed E-state index contributed by atoms with van der Waals surface area (Å²) in [6, 6.07) is 16.2. The molecule has 0 bridgehead atoms. The fourth-order valence-corrected chi connectivity index (χ4v) is 2.92. The standard InChI is InChI=1S/C19H20N4O3/c1-21(2)13-12-20-17-15-10-6-7-11-16(15)22(14-8-4-3-5-9-14)19(24)18(17)23(25)26/h3-11,20H,12-13H2,1-2H3. The Morgan fingerprint density at radius 2 is 1.73 bits per heavy atom. The van der Waals surface area contributed by atoms with Gasteiger partial charge in [0, 0.05) is 24.2 Å². The minimum absolute atomic E-state index is 0.268. The smallest absolute Gasteiger partial charge is 0.357 e. The zero-order valence-corrected chi connectivity index (χ0v) is 14.7. The van der Waals surface area contributed by atoms with Crippen LogP contribution in [0, 0.1) is 10.1 Å². The van der Waals surface area contributed by atoms with Crippen molar-refractivity contribution in [2.45, 2.75) is 0 Å². The highest BCUT2D eigenvalue weighted by molar-refractivity contribution is 5.97. The van der Waals surface area contributed by atoms with E-state index in [2.05, 4.69) is 5.32 Å². The van der Waals surface area contributed by atoms with Gasteiger partial charge < -0.3 is 10.2 Å². The molecule has 0 spiro atoms. The van der Waals surface area contributed by atoms with Crippen LogP contribution in [0.4, 0.5) is 11.4 Å². The van der Waals surface area contributed by atoms with Crippen molar-refractivity contribution in [1.82, 2.24) is 9.47 Å². The molecule has 3 rings (SSSR count). The highest BCUT2D eigenvalue weighted by atomic mass is 16.6. The number of nitrogens with one attached hydrogen (secondary N) is 1. The fraction of sp³-hybridized carbons (Fsp3) is 0.211. The van der Waals surface area contributed by atoms with E-state index in [-0.39, 0.29) is 5.69 Å². The van der Waals surface area contributed by atoms with Crippen LogP contribution in [0.1, 0.15) is 0 Å². The summed E-state index contributed by atoms with van der Waals surface area (Å²) in [5.74, 6) is 0. The number of hydrogen-bond donors (Lipinski definition) is 1. The van der Waals surface area contributed by atoms with Crippen LogP contribution in [0.15, 0.2) is 59.4 Å². The van der Waals surface area contributed by atoms with E-state index in [0.717, 1.165) is 0 Å². The normalized spacial score (nSPS) is 11.0. The minimum atomic E-state index is -0.646. The predicted molar refractivity (Wildman–Crippen MR) is 103 cm³/mol. The maximum atomic E-state index is 13.0. The third-order valence-electron chi connectivity index (χ3n) is 4.11. The van der Waals surface area contributed by atoms with Crippen LogP contribution < -0.4 is 10.9 Å². The van der Waals surface area contributed by atoms with Crippen LogP contribution in [0.5, 0.6) is 0 Å². The van der Waals surface area contributed by atoms with E-state index in [1.165, 1.54) is 4.57 Å². The molecular weight excluding hydrogens is 332 g/mol. The van der Waals surface area contributed by atoms with Gasteiger partial charge in [0.1, 0.15) is 5.69 Å². The lowest BCUT2D eigenvalue weighted by Crippen LogP contribution is -2.26. The number of likely N-dealkylation sites (N-methyl/N-ethyl adjacent to an activating group) is 1. The summed E-state index contributed by atoms with van der Waals surface area (Å²) in [4.78, 5) is 26.1. The molecule has 0 saturated carbocycles. The second-order valence-corrected chi connectivity index (χ2v) is 6.20. The number of rotatable bonds is 6. The van der Waals surface area contributed by atoms with E-state index in [9.17, 15) is 14.9 Å². The summed E-state index contributed by atoms with van der Waals surface area (Å²) >= 11 is 0. The SMILES string of the molecule is CN(C)CCNc1c([N+](=O)[O-])c(=O)n(-c2ccccc2)c2ccccc12. The number of para-hydroxylation sites is 2. The molecule has 0 amide bonds. The highest BCUT2D eigenvalue weighted by Gasteiger charge is 2.26. The van der Waals surface area contributed by atoms with E-state index in [1.807, 2.05) is 37.2 Å². The number of anilines is 1. The summed E-state index contributed by atoms with van der Waals surface area (Å²) in [7, 11) is 3.84. The molecular formula is C19H20N4O3. The summed E-state index contributed by atoms with van der Waals surface area (Å²) in [5.41, 5.74) is 0.404. The number of nitro groups is 1. The van der Waals surface area contributed by atoms with Gasteiger partial charge in [-0.2, -0.15) is 0 Å². The zero-order chi connectivity index (χ0) is 18.7. The molecule has 0 unspecified atom stereocenters. The largest absolute Gasteiger partial charge is 0.377 e. The molecule has 1 aromatic heterocycles. The van der Waals surface area contributed by atoms with Crippen molar-refractivity contribution in [3.63, 3.8) is 0 Å².